The molecule has 1 aromatic heterocycles. The van der Waals surface area contributed by atoms with Crippen molar-refractivity contribution in [2.24, 2.45) is 0 Å². The minimum atomic E-state index is -3.81. The number of nitrogens with zero attached hydrogens (tertiary/aromatic N) is 1. The molecule has 2 N–H and O–H groups in total. The van der Waals surface area contributed by atoms with Gasteiger partial charge in [-0.25, -0.2) is 17.8 Å². The van der Waals surface area contributed by atoms with Gasteiger partial charge in [0.25, 0.3) is 10.0 Å². The summed E-state index contributed by atoms with van der Waals surface area (Å²) in [6.45, 7) is 1.63. The topological polar surface area (TPSA) is 97.4 Å². The summed E-state index contributed by atoms with van der Waals surface area (Å²) in [7, 11) is -2.32. The van der Waals surface area contributed by atoms with Gasteiger partial charge in [0, 0.05) is 11.1 Å². The summed E-state index contributed by atoms with van der Waals surface area (Å²) in [6, 6.07) is 10.3. The SMILES string of the molecule is COc1ccc(S(=O)(=O)Nc2nc(CC(=O)Nc3ccc(C)c(F)c3)cs2)cc1. The molecule has 152 valence electrons. The highest BCUT2D eigenvalue weighted by Gasteiger charge is 2.17. The molecule has 3 aromatic rings. The largest absolute Gasteiger partial charge is 0.497 e. The Morgan fingerprint density at radius 2 is 1.93 bits per heavy atom. The standard InChI is InChI=1S/C19H18FN3O4S2/c1-12-3-4-13(9-17(12)20)21-18(24)10-14-11-28-19(22-14)23-29(25,26)16-7-5-15(27-2)6-8-16/h3-9,11H,10H2,1-2H3,(H,21,24)(H,22,23). The number of halogens is 1. The summed E-state index contributed by atoms with van der Waals surface area (Å²) < 4.78 is 45.8. The van der Waals surface area contributed by atoms with Crippen molar-refractivity contribution in [2.45, 2.75) is 18.2 Å². The fourth-order valence-corrected chi connectivity index (χ4v) is 4.37. The molecule has 29 heavy (non-hydrogen) atoms. The number of thiazole rings is 1. The Bertz CT molecular complexity index is 1130. The average Bonchev–Trinajstić information content (AvgIpc) is 3.10. The van der Waals surface area contributed by atoms with Gasteiger partial charge in [-0.2, -0.15) is 0 Å². The second kappa shape index (κ2) is 8.58. The van der Waals surface area contributed by atoms with Crippen LogP contribution in [0, 0.1) is 12.7 Å². The van der Waals surface area contributed by atoms with Gasteiger partial charge in [-0.15, -0.1) is 11.3 Å². The van der Waals surface area contributed by atoms with E-state index in [4.69, 9.17) is 4.74 Å². The van der Waals surface area contributed by atoms with Crippen molar-refractivity contribution in [3.8, 4) is 5.75 Å². The van der Waals surface area contributed by atoms with E-state index in [0.717, 1.165) is 11.3 Å². The molecule has 0 saturated heterocycles. The lowest BCUT2D eigenvalue weighted by Crippen LogP contribution is -2.15. The highest BCUT2D eigenvalue weighted by atomic mass is 32.2. The van der Waals surface area contributed by atoms with E-state index in [0.29, 0.717) is 22.7 Å². The second-order valence-corrected chi connectivity index (χ2v) is 8.65. The Morgan fingerprint density at radius 1 is 1.21 bits per heavy atom. The zero-order valence-corrected chi connectivity index (χ0v) is 17.2. The maximum Gasteiger partial charge on any atom is 0.263 e. The molecule has 0 radical (unpaired) electrons. The number of sulfonamides is 1. The zero-order valence-electron chi connectivity index (χ0n) is 15.6. The van der Waals surface area contributed by atoms with E-state index >= 15 is 0 Å². The molecule has 1 amide bonds. The van der Waals surface area contributed by atoms with Crippen LogP contribution in [0.15, 0.2) is 52.7 Å². The number of hydrogen-bond donors (Lipinski definition) is 2. The van der Waals surface area contributed by atoms with Gasteiger partial charge >= 0.3 is 0 Å². The predicted molar refractivity (Wildman–Crippen MR) is 109 cm³/mol. The second-order valence-electron chi connectivity index (χ2n) is 6.11. The minimum absolute atomic E-state index is 0.0641. The molecule has 0 aliphatic rings. The van der Waals surface area contributed by atoms with E-state index in [1.54, 1.807) is 36.6 Å². The maximum absolute atomic E-state index is 13.6. The van der Waals surface area contributed by atoms with Crippen LogP contribution in [0.1, 0.15) is 11.3 Å². The van der Waals surface area contributed by atoms with Crippen LogP contribution in [0.5, 0.6) is 5.75 Å². The van der Waals surface area contributed by atoms with Gasteiger partial charge in [0.15, 0.2) is 5.13 Å². The summed E-state index contributed by atoms with van der Waals surface area (Å²) >= 11 is 1.07. The molecule has 10 heteroatoms. The molecule has 0 atom stereocenters. The first-order chi connectivity index (χ1) is 13.8. The molecule has 2 aromatic carbocycles. The maximum atomic E-state index is 13.6. The van der Waals surface area contributed by atoms with Crippen molar-refractivity contribution < 1.29 is 22.3 Å². The van der Waals surface area contributed by atoms with Crippen LogP contribution in [0.25, 0.3) is 0 Å². The van der Waals surface area contributed by atoms with Crippen molar-refractivity contribution in [1.29, 1.82) is 0 Å². The van der Waals surface area contributed by atoms with E-state index in [-0.39, 0.29) is 22.4 Å². The Balaban J connectivity index is 1.63. The number of benzene rings is 2. The minimum Gasteiger partial charge on any atom is -0.497 e. The van der Waals surface area contributed by atoms with Gasteiger partial charge in [-0.1, -0.05) is 6.07 Å². The molecule has 0 bridgehead atoms. The molecule has 7 nitrogen and oxygen atoms in total. The molecule has 0 unspecified atom stereocenters. The van der Waals surface area contributed by atoms with Crippen LogP contribution in [0.2, 0.25) is 0 Å². The lowest BCUT2D eigenvalue weighted by Gasteiger charge is -2.06. The normalized spacial score (nSPS) is 11.1. The number of methoxy groups -OCH3 is 1. The number of rotatable bonds is 7. The number of ether oxygens (including phenoxy) is 1. The molecule has 0 aliphatic heterocycles. The first kappa shape index (κ1) is 20.7. The smallest absolute Gasteiger partial charge is 0.263 e. The lowest BCUT2D eigenvalue weighted by molar-refractivity contribution is -0.115. The van der Waals surface area contributed by atoms with Crippen molar-refractivity contribution >= 4 is 38.1 Å². The van der Waals surface area contributed by atoms with E-state index in [1.165, 1.54) is 25.3 Å². The monoisotopic (exact) mass is 435 g/mol. The Hall–Kier alpha value is -2.98. The molecule has 0 saturated carbocycles. The highest BCUT2D eigenvalue weighted by Crippen LogP contribution is 2.22. The van der Waals surface area contributed by atoms with Gasteiger partial charge in [0.1, 0.15) is 11.6 Å². The van der Waals surface area contributed by atoms with Crippen LogP contribution in [0.3, 0.4) is 0 Å². The molecular weight excluding hydrogens is 417 g/mol. The first-order valence-electron chi connectivity index (χ1n) is 8.44. The summed E-state index contributed by atoms with van der Waals surface area (Å²) in [6.07, 6.45) is -0.0732. The molecular formula is C19H18FN3O4S2. The van der Waals surface area contributed by atoms with Gasteiger partial charge in [0.2, 0.25) is 5.91 Å². The van der Waals surface area contributed by atoms with Crippen molar-refractivity contribution in [3.05, 3.63) is 64.9 Å². The number of carbonyl (C=O) groups excluding carboxylic acids is 1. The number of aryl methyl sites for hydroxylation is 1. The van der Waals surface area contributed by atoms with Crippen molar-refractivity contribution in [3.63, 3.8) is 0 Å². The third kappa shape index (κ3) is 5.30. The van der Waals surface area contributed by atoms with Gasteiger partial charge < -0.3 is 10.1 Å². The van der Waals surface area contributed by atoms with Crippen LogP contribution in [-0.2, 0) is 21.2 Å². The number of nitrogens with one attached hydrogen (secondary N) is 2. The predicted octanol–water partition coefficient (Wildman–Crippen LogP) is 3.58. The van der Waals surface area contributed by atoms with Crippen LogP contribution < -0.4 is 14.8 Å². The van der Waals surface area contributed by atoms with Gasteiger partial charge in [-0.3, -0.25) is 9.52 Å². The summed E-state index contributed by atoms with van der Waals surface area (Å²) in [4.78, 5) is 16.3. The Morgan fingerprint density at radius 3 is 2.59 bits per heavy atom. The Kier molecular flexibility index (Phi) is 6.14. The Labute approximate surface area is 171 Å². The fraction of sp³-hybridized carbons (Fsp3) is 0.158. The summed E-state index contributed by atoms with van der Waals surface area (Å²) in [5.74, 6) is -0.255. The van der Waals surface area contributed by atoms with Gasteiger partial charge in [0.05, 0.1) is 24.1 Å². The van der Waals surface area contributed by atoms with Crippen LogP contribution in [0.4, 0.5) is 15.2 Å². The van der Waals surface area contributed by atoms with Crippen molar-refractivity contribution in [1.82, 2.24) is 4.98 Å². The number of amides is 1. The first-order valence-corrected chi connectivity index (χ1v) is 10.8. The molecule has 3 rings (SSSR count). The summed E-state index contributed by atoms with van der Waals surface area (Å²) in [5, 5.41) is 4.32. The van der Waals surface area contributed by atoms with Gasteiger partial charge in [-0.05, 0) is 48.9 Å². The number of aromatic nitrogens is 1. The highest BCUT2D eigenvalue weighted by molar-refractivity contribution is 7.93. The molecule has 0 aliphatic carbocycles. The zero-order chi connectivity index (χ0) is 21.0. The molecule has 0 spiro atoms. The van der Waals surface area contributed by atoms with E-state index in [2.05, 4.69) is 15.0 Å². The fourth-order valence-electron chi connectivity index (χ4n) is 2.40. The van der Waals surface area contributed by atoms with E-state index in [1.807, 2.05) is 0 Å². The number of anilines is 2. The lowest BCUT2D eigenvalue weighted by atomic mass is 10.2. The van der Waals surface area contributed by atoms with Crippen molar-refractivity contribution in [2.75, 3.05) is 17.1 Å². The third-order valence-electron chi connectivity index (χ3n) is 3.94. The number of carbonyl (C=O) groups is 1. The van der Waals surface area contributed by atoms with E-state index < -0.39 is 15.8 Å². The van der Waals surface area contributed by atoms with E-state index in [9.17, 15) is 17.6 Å². The van der Waals surface area contributed by atoms with Crippen LogP contribution >= 0.6 is 11.3 Å². The molecule has 0 fully saturated rings. The molecule has 1 heterocycles. The summed E-state index contributed by atoms with van der Waals surface area (Å²) in [5.41, 5.74) is 1.22. The third-order valence-corrected chi connectivity index (χ3v) is 6.23. The number of hydrogen-bond acceptors (Lipinski definition) is 6. The average molecular weight is 436 g/mol. The quantitative estimate of drug-likeness (QED) is 0.591. The van der Waals surface area contributed by atoms with Crippen LogP contribution in [-0.4, -0.2) is 26.4 Å².